The van der Waals surface area contributed by atoms with Crippen LogP contribution in [0.5, 0.6) is 0 Å². The molecule has 7 heteroatoms. The van der Waals surface area contributed by atoms with Gasteiger partial charge in [-0.15, -0.1) is 0 Å². The standard InChI is InChI=1S/C35H40N2O5/c38-24-31(21-27-14-6-2-7-15-27)36-33(39)23-29-18-10-11-19-30(20-26-12-4-1-5-13-26)35(41)42-25-32(37-34(29)40)22-28-16-8-3-9-17-28/h1-17,29-32,38H,18-25H2,(H,36,39)(H,37,40). The number of cyclic esters (lactones) is 1. The van der Waals surface area contributed by atoms with E-state index < -0.39 is 18.0 Å². The van der Waals surface area contributed by atoms with Crippen LogP contribution < -0.4 is 10.6 Å². The van der Waals surface area contributed by atoms with Gasteiger partial charge in [-0.05, 0) is 48.8 Å². The first-order chi connectivity index (χ1) is 20.5. The molecule has 3 aromatic rings. The molecule has 1 aliphatic heterocycles. The fourth-order valence-electron chi connectivity index (χ4n) is 5.21. The Morgan fingerprint density at radius 2 is 1.36 bits per heavy atom. The van der Waals surface area contributed by atoms with Crippen LogP contribution >= 0.6 is 0 Å². The third kappa shape index (κ3) is 10.00. The molecule has 0 aromatic heterocycles. The summed E-state index contributed by atoms with van der Waals surface area (Å²) in [5.41, 5.74) is 3.07. The summed E-state index contributed by atoms with van der Waals surface area (Å²) in [6, 6.07) is 28.3. The van der Waals surface area contributed by atoms with Crippen molar-refractivity contribution in [3.05, 3.63) is 120 Å². The second-order valence-electron chi connectivity index (χ2n) is 10.9. The maximum atomic E-state index is 13.5. The Balaban J connectivity index is 1.48. The lowest BCUT2D eigenvalue weighted by Gasteiger charge is -2.25. The molecule has 4 rings (SSSR count). The Kier molecular flexibility index (Phi) is 11.9. The van der Waals surface area contributed by atoms with E-state index in [1.807, 2.05) is 103 Å². The summed E-state index contributed by atoms with van der Waals surface area (Å²) >= 11 is 0. The van der Waals surface area contributed by atoms with Gasteiger partial charge in [0.05, 0.1) is 30.5 Å². The van der Waals surface area contributed by atoms with Crippen molar-refractivity contribution in [3.63, 3.8) is 0 Å². The first-order valence-corrected chi connectivity index (χ1v) is 14.6. The van der Waals surface area contributed by atoms with Gasteiger partial charge in [0, 0.05) is 6.42 Å². The summed E-state index contributed by atoms with van der Waals surface area (Å²) in [6.07, 6.45) is 6.12. The lowest BCUT2D eigenvalue weighted by molar-refractivity contribution is -0.150. The number of aliphatic hydroxyl groups excluding tert-OH is 1. The molecule has 0 fully saturated rings. The van der Waals surface area contributed by atoms with E-state index in [4.69, 9.17) is 4.74 Å². The summed E-state index contributed by atoms with van der Waals surface area (Å²) in [7, 11) is 0. The topological polar surface area (TPSA) is 105 Å². The van der Waals surface area contributed by atoms with Gasteiger partial charge in [-0.25, -0.2) is 0 Å². The second kappa shape index (κ2) is 16.3. The first-order valence-electron chi connectivity index (χ1n) is 14.6. The molecule has 1 heterocycles. The van der Waals surface area contributed by atoms with Gasteiger partial charge in [0.15, 0.2) is 0 Å². The molecule has 0 bridgehead atoms. The van der Waals surface area contributed by atoms with Crippen molar-refractivity contribution in [1.82, 2.24) is 10.6 Å². The Morgan fingerprint density at radius 3 is 1.95 bits per heavy atom. The van der Waals surface area contributed by atoms with Crippen molar-refractivity contribution in [2.24, 2.45) is 11.8 Å². The van der Waals surface area contributed by atoms with Crippen LogP contribution in [-0.2, 0) is 38.4 Å². The van der Waals surface area contributed by atoms with Gasteiger partial charge < -0.3 is 20.5 Å². The quantitative estimate of drug-likeness (QED) is 0.251. The summed E-state index contributed by atoms with van der Waals surface area (Å²) in [6.45, 7) is -0.165. The molecule has 3 N–H and O–H groups in total. The fourth-order valence-corrected chi connectivity index (χ4v) is 5.21. The van der Waals surface area contributed by atoms with Crippen LogP contribution in [-0.4, -0.2) is 48.2 Å². The van der Waals surface area contributed by atoms with E-state index in [-0.39, 0.29) is 43.3 Å². The van der Waals surface area contributed by atoms with Crippen molar-refractivity contribution in [2.75, 3.05) is 13.2 Å². The van der Waals surface area contributed by atoms with Gasteiger partial charge in [0.1, 0.15) is 6.61 Å². The van der Waals surface area contributed by atoms with Gasteiger partial charge in [0.25, 0.3) is 0 Å². The summed E-state index contributed by atoms with van der Waals surface area (Å²) < 4.78 is 5.78. The number of nitrogens with one attached hydrogen (secondary N) is 2. The molecule has 0 saturated heterocycles. The second-order valence-corrected chi connectivity index (χ2v) is 10.9. The molecule has 0 spiro atoms. The molecule has 1 aliphatic rings. The number of carbonyl (C=O) groups is 3. The molecular weight excluding hydrogens is 528 g/mol. The predicted molar refractivity (Wildman–Crippen MR) is 162 cm³/mol. The van der Waals surface area contributed by atoms with Crippen LogP contribution in [0.2, 0.25) is 0 Å². The van der Waals surface area contributed by atoms with Crippen LogP contribution in [0.25, 0.3) is 0 Å². The Labute approximate surface area is 248 Å². The average Bonchev–Trinajstić information content (AvgIpc) is 3.01. The number of hydrogen-bond donors (Lipinski definition) is 3. The smallest absolute Gasteiger partial charge is 0.309 e. The zero-order valence-corrected chi connectivity index (χ0v) is 23.9. The van der Waals surface area contributed by atoms with E-state index in [1.165, 1.54) is 0 Å². The average molecular weight is 569 g/mol. The van der Waals surface area contributed by atoms with Crippen LogP contribution in [0.3, 0.4) is 0 Å². The number of rotatable bonds is 10. The van der Waals surface area contributed by atoms with Gasteiger partial charge >= 0.3 is 5.97 Å². The summed E-state index contributed by atoms with van der Waals surface area (Å²) in [5.74, 6) is -1.82. The van der Waals surface area contributed by atoms with E-state index in [0.717, 1.165) is 16.7 Å². The van der Waals surface area contributed by atoms with E-state index in [9.17, 15) is 19.5 Å². The molecular formula is C35H40N2O5. The molecule has 7 nitrogen and oxygen atoms in total. The van der Waals surface area contributed by atoms with E-state index in [1.54, 1.807) is 0 Å². The highest BCUT2D eigenvalue weighted by Crippen LogP contribution is 2.19. The lowest BCUT2D eigenvalue weighted by atomic mass is 9.94. The van der Waals surface area contributed by atoms with Gasteiger partial charge in [-0.1, -0.05) is 103 Å². The Hall–Kier alpha value is -4.23. The zero-order chi connectivity index (χ0) is 29.6. The number of carbonyl (C=O) groups excluding carboxylic acids is 3. The number of esters is 1. The van der Waals surface area contributed by atoms with Crippen molar-refractivity contribution < 1.29 is 24.2 Å². The zero-order valence-electron chi connectivity index (χ0n) is 23.9. The fraction of sp³-hybridized carbons (Fsp3) is 0.343. The molecule has 0 saturated carbocycles. The number of ether oxygens (including phenoxy) is 1. The van der Waals surface area contributed by atoms with Crippen LogP contribution in [0, 0.1) is 11.8 Å². The predicted octanol–water partition coefficient (Wildman–Crippen LogP) is 4.19. The van der Waals surface area contributed by atoms with Crippen molar-refractivity contribution in [1.29, 1.82) is 0 Å². The number of allylic oxidation sites excluding steroid dienone is 2. The largest absolute Gasteiger partial charge is 0.463 e. The highest BCUT2D eigenvalue weighted by atomic mass is 16.5. The minimum atomic E-state index is -0.613. The van der Waals surface area contributed by atoms with Crippen LogP contribution in [0.15, 0.2) is 103 Å². The van der Waals surface area contributed by atoms with Gasteiger partial charge in [0.2, 0.25) is 11.8 Å². The summed E-state index contributed by atoms with van der Waals surface area (Å²) in [4.78, 5) is 39.7. The van der Waals surface area contributed by atoms with E-state index in [0.29, 0.717) is 32.1 Å². The number of amides is 2. The molecule has 2 amide bonds. The molecule has 0 aliphatic carbocycles. The van der Waals surface area contributed by atoms with Gasteiger partial charge in [-0.2, -0.15) is 0 Å². The summed E-state index contributed by atoms with van der Waals surface area (Å²) in [5, 5.41) is 15.8. The monoisotopic (exact) mass is 568 g/mol. The Bertz CT molecular complexity index is 1300. The highest BCUT2D eigenvalue weighted by molar-refractivity contribution is 5.86. The number of benzene rings is 3. The molecule has 4 atom stereocenters. The SMILES string of the molecule is O=C(CC1CC=CCC(Cc2ccccc2)C(=O)OCC(Cc2ccccc2)NC1=O)NC(CO)Cc1ccccc1. The third-order valence-corrected chi connectivity index (χ3v) is 7.48. The normalized spacial score (nSPS) is 20.4. The van der Waals surface area contributed by atoms with Crippen LogP contribution in [0.4, 0.5) is 0 Å². The Morgan fingerprint density at radius 1 is 0.810 bits per heavy atom. The van der Waals surface area contributed by atoms with Crippen molar-refractivity contribution >= 4 is 17.8 Å². The molecule has 220 valence electrons. The first kappa shape index (κ1) is 30.7. The minimum Gasteiger partial charge on any atom is -0.463 e. The van der Waals surface area contributed by atoms with Gasteiger partial charge in [-0.3, -0.25) is 14.4 Å². The minimum absolute atomic E-state index is 0.0211. The maximum Gasteiger partial charge on any atom is 0.309 e. The van der Waals surface area contributed by atoms with Crippen molar-refractivity contribution in [2.45, 2.75) is 50.6 Å². The highest BCUT2D eigenvalue weighted by Gasteiger charge is 2.27. The van der Waals surface area contributed by atoms with Crippen LogP contribution in [0.1, 0.15) is 36.0 Å². The molecule has 3 aromatic carbocycles. The number of hydrogen-bond acceptors (Lipinski definition) is 5. The third-order valence-electron chi connectivity index (χ3n) is 7.48. The molecule has 0 radical (unpaired) electrons. The lowest BCUT2D eigenvalue weighted by Crippen LogP contribution is -2.46. The number of aliphatic hydroxyl groups is 1. The molecule has 42 heavy (non-hydrogen) atoms. The maximum absolute atomic E-state index is 13.5. The van der Waals surface area contributed by atoms with Crippen molar-refractivity contribution in [3.8, 4) is 0 Å². The molecule has 4 unspecified atom stereocenters. The van der Waals surface area contributed by atoms with E-state index in [2.05, 4.69) is 10.6 Å². The van der Waals surface area contributed by atoms with E-state index >= 15 is 0 Å².